The maximum Gasteiger partial charge on any atom is 0.404 e. The van der Waals surface area contributed by atoms with Crippen LogP contribution < -0.4 is 10.6 Å². The van der Waals surface area contributed by atoms with E-state index < -0.39 is 15.9 Å². The maximum atomic E-state index is 11.7. The van der Waals surface area contributed by atoms with Crippen molar-refractivity contribution in [1.82, 2.24) is 25.1 Å². The lowest BCUT2D eigenvalue weighted by Gasteiger charge is -2.28. The highest BCUT2D eigenvalue weighted by molar-refractivity contribution is 7.90. The number of anilines is 1. The molecule has 4 rings (SSSR count). The lowest BCUT2D eigenvalue weighted by Crippen LogP contribution is -2.37. The molecule has 1 amide bonds. The van der Waals surface area contributed by atoms with Crippen molar-refractivity contribution in [2.75, 3.05) is 18.1 Å². The third-order valence-corrected chi connectivity index (χ3v) is 6.74. The quantitative estimate of drug-likeness (QED) is 0.527. The fourth-order valence-corrected chi connectivity index (χ4v) is 4.57. The first-order chi connectivity index (χ1) is 14.8. The molecule has 2 heterocycles. The van der Waals surface area contributed by atoms with Crippen molar-refractivity contribution in [3.05, 3.63) is 36.8 Å². The van der Waals surface area contributed by atoms with Crippen LogP contribution in [0.2, 0.25) is 0 Å². The third-order valence-electron chi connectivity index (χ3n) is 5.61. The standard InChI is InChI=1S/C20H24N6O4S/c1-31(29,30)16-8-6-15(7-9-16)26-19-17(11-24-26)18(22-12-23-19)21-10-13-2-4-14(5-3-13)25-20(27)28/h6-9,11-14,25H,2-5,10H2,1H3,(H,27,28)(H,21,22,23). The van der Waals surface area contributed by atoms with Crippen LogP contribution in [0.3, 0.4) is 0 Å². The van der Waals surface area contributed by atoms with E-state index in [0.717, 1.165) is 37.6 Å². The summed E-state index contributed by atoms with van der Waals surface area (Å²) < 4.78 is 25.0. The van der Waals surface area contributed by atoms with Gasteiger partial charge in [-0.3, -0.25) is 0 Å². The molecule has 0 spiro atoms. The number of carboxylic acid groups (broad SMARTS) is 1. The zero-order valence-corrected chi connectivity index (χ0v) is 17.8. The Labute approximate surface area is 179 Å². The van der Waals surface area contributed by atoms with E-state index in [9.17, 15) is 13.2 Å². The zero-order valence-electron chi connectivity index (χ0n) is 17.0. The van der Waals surface area contributed by atoms with Crippen LogP contribution >= 0.6 is 0 Å². The number of sulfone groups is 1. The van der Waals surface area contributed by atoms with Crippen molar-refractivity contribution >= 4 is 32.8 Å². The summed E-state index contributed by atoms with van der Waals surface area (Å²) in [6.07, 6.45) is 6.92. The van der Waals surface area contributed by atoms with E-state index in [0.29, 0.717) is 23.1 Å². The minimum absolute atomic E-state index is 0.0341. The van der Waals surface area contributed by atoms with Crippen molar-refractivity contribution < 1.29 is 18.3 Å². The molecule has 3 aromatic rings. The number of hydrogen-bond donors (Lipinski definition) is 3. The van der Waals surface area contributed by atoms with Crippen LogP contribution in [0, 0.1) is 5.92 Å². The van der Waals surface area contributed by atoms with E-state index in [2.05, 4.69) is 25.7 Å². The maximum absolute atomic E-state index is 11.7. The summed E-state index contributed by atoms with van der Waals surface area (Å²) in [6, 6.07) is 6.53. The van der Waals surface area contributed by atoms with E-state index in [4.69, 9.17) is 5.11 Å². The van der Waals surface area contributed by atoms with Gasteiger partial charge in [0, 0.05) is 18.8 Å². The van der Waals surface area contributed by atoms with Crippen molar-refractivity contribution in [3.8, 4) is 5.69 Å². The van der Waals surface area contributed by atoms with Gasteiger partial charge in [-0.25, -0.2) is 27.9 Å². The van der Waals surface area contributed by atoms with Gasteiger partial charge in [0.05, 0.1) is 22.2 Å². The predicted octanol–water partition coefficient (Wildman–Crippen LogP) is 2.46. The van der Waals surface area contributed by atoms with E-state index >= 15 is 0 Å². The number of fused-ring (bicyclic) bond motifs is 1. The van der Waals surface area contributed by atoms with Crippen LogP contribution in [0.1, 0.15) is 25.7 Å². The van der Waals surface area contributed by atoms with Gasteiger partial charge in [0.15, 0.2) is 15.5 Å². The van der Waals surface area contributed by atoms with Crippen molar-refractivity contribution in [3.63, 3.8) is 0 Å². The Morgan fingerprint density at radius 3 is 2.52 bits per heavy atom. The molecular formula is C20H24N6O4S. The van der Waals surface area contributed by atoms with Crippen LogP contribution in [-0.4, -0.2) is 58.2 Å². The van der Waals surface area contributed by atoms with Gasteiger partial charge in [-0.15, -0.1) is 0 Å². The van der Waals surface area contributed by atoms with E-state index in [1.165, 1.54) is 12.6 Å². The van der Waals surface area contributed by atoms with Gasteiger partial charge in [-0.2, -0.15) is 5.10 Å². The normalized spacial score (nSPS) is 19.3. The monoisotopic (exact) mass is 444 g/mol. The number of carbonyl (C=O) groups is 1. The second kappa shape index (κ2) is 8.50. The lowest BCUT2D eigenvalue weighted by atomic mass is 9.86. The molecule has 0 saturated heterocycles. The number of aromatic nitrogens is 4. The largest absolute Gasteiger partial charge is 0.465 e. The van der Waals surface area contributed by atoms with Gasteiger partial charge in [-0.05, 0) is 55.9 Å². The Kier molecular flexibility index (Phi) is 5.77. The fraction of sp³-hybridized carbons (Fsp3) is 0.400. The van der Waals surface area contributed by atoms with E-state index in [-0.39, 0.29) is 10.9 Å². The number of hydrogen-bond acceptors (Lipinski definition) is 7. The molecule has 1 aliphatic rings. The molecule has 11 heteroatoms. The Bertz CT molecular complexity index is 1180. The number of benzene rings is 1. The molecule has 0 bridgehead atoms. The van der Waals surface area contributed by atoms with Gasteiger partial charge in [0.1, 0.15) is 12.1 Å². The molecule has 0 radical (unpaired) electrons. The van der Waals surface area contributed by atoms with E-state index in [1.54, 1.807) is 35.1 Å². The van der Waals surface area contributed by atoms with Crippen molar-refractivity contribution in [2.45, 2.75) is 36.6 Å². The smallest absolute Gasteiger partial charge is 0.404 e. The Morgan fingerprint density at radius 2 is 1.87 bits per heavy atom. The summed E-state index contributed by atoms with van der Waals surface area (Å²) in [5.74, 6) is 1.13. The van der Waals surface area contributed by atoms with Crippen molar-refractivity contribution in [1.29, 1.82) is 0 Å². The molecule has 1 saturated carbocycles. The summed E-state index contributed by atoms with van der Waals surface area (Å²) in [7, 11) is -3.26. The van der Waals surface area contributed by atoms with E-state index in [1.807, 2.05) is 0 Å². The summed E-state index contributed by atoms with van der Waals surface area (Å²) in [6.45, 7) is 0.736. The number of rotatable bonds is 6. The minimum atomic E-state index is -3.26. The van der Waals surface area contributed by atoms with Gasteiger partial charge < -0.3 is 15.7 Å². The molecule has 10 nitrogen and oxygen atoms in total. The highest BCUT2D eigenvalue weighted by Gasteiger charge is 2.22. The number of amides is 1. The van der Waals surface area contributed by atoms with Crippen LogP contribution in [0.25, 0.3) is 16.7 Å². The summed E-state index contributed by atoms with van der Waals surface area (Å²) >= 11 is 0. The molecule has 164 valence electrons. The number of nitrogens with one attached hydrogen (secondary N) is 2. The SMILES string of the molecule is CS(=O)(=O)c1ccc(-n2ncc3c(NCC4CCC(NC(=O)O)CC4)ncnc32)cc1. The highest BCUT2D eigenvalue weighted by Crippen LogP contribution is 2.26. The zero-order chi connectivity index (χ0) is 22.0. The Balaban J connectivity index is 1.46. The van der Waals surface area contributed by atoms with Gasteiger partial charge in [0.25, 0.3) is 0 Å². The third kappa shape index (κ3) is 4.76. The molecule has 1 aliphatic carbocycles. The van der Waals surface area contributed by atoms with Gasteiger partial charge >= 0.3 is 6.09 Å². The molecule has 3 N–H and O–H groups in total. The van der Waals surface area contributed by atoms with Crippen LogP contribution in [0.4, 0.5) is 10.6 Å². The van der Waals surface area contributed by atoms with Crippen LogP contribution in [0.5, 0.6) is 0 Å². The molecule has 0 aliphatic heterocycles. The van der Waals surface area contributed by atoms with Gasteiger partial charge in [-0.1, -0.05) is 0 Å². The summed E-state index contributed by atoms with van der Waals surface area (Å²) in [4.78, 5) is 19.7. The van der Waals surface area contributed by atoms with Gasteiger partial charge in [0.2, 0.25) is 0 Å². The molecule has 2 aromatic heterocycles. The number of nitrogens with zero attached hydrogens (tertiary/aromatic N) is 4. The molecule has 1 aromatic carbocycles. The second-order valence-electron chi connectivity index (χ2n) is 7.83. The first-order valence-corrected chi connectivity index (χ1v) is 11.9. The molecule has 0 atom stereocenters. The topological polar surface area (TPSA) is 139 Å². The summed E-state index contributed by atoms with van der Waals surface area (Å²) in [5.41, 5.74) is 1.33. The average Bonchev–Trinajstić information content (AvgIpc) is 3.17. The highest BCUT2D eigenvalue weighted by atomic mass is 32.2. The molecule has 0 unspecified atom stereocenters. The first-order valence-electron chi connectivity index (χ1n) is 10.0. The Hall–Kier alpha value is -3.21. The molecular weight excluding hydrogens is 420 g/mol. The van der Waals surface area contributed by atoms with Crippen LogP contribution in [0.15, 0.2) is 41.7 Å². The average molecular weight is 445 g/mol. The predicted molar refractivity (Wildman–Crippen MR) is 115 cm³/mol. The van der Waals surface area contributed by atoms with Crippen molar-refractivity contribution in [2.24, 2.45) is 5.92 Å². The summed E-state index contributed by atoms with van der Waals surface area (Å²) in [5, 5.41) is 20.0. The van der Waals surface area contributed by atoms with Crippen LogP contribution in [-0.2, 0) is 9.84 Å². The lowest BCUT2D eigenvalue weighted by molar-refractivity contribution is 0.183. The Morgan fingerprint density at radius 1 is 1.16 bits per heavy atom. The molecule has 31 heavy (non-hydrogen) atoms. The second-order valence-corrected chi connectivity index (χ2v) is 9.85. The first kappa shape index (κ1) is 21.0. The molecule has 1 fully saturated rings. The minimum Gasteiger partial charge on any atom is -0.465 e. The fourth-order valence-electron chi connectivity index (χ4n) is 3.93.